The van der Waals surface area contributed by atoms with Crippen molar-refractivity contribution < 1.29 is 28.6 Å². The molecule has 0 aliphatic rings. The molecule has 6 nitrogen and oxygen atoms in total. The number of esters is 3. The van der Waals surface area contributed by atoms with Crippen LogP contribution < -0.4 is 0 Å². The van der Waals surface area contributed by atoms with Gasteiger partial charge in [-0.25, -0.2) is 0 Å². The summed E-state index contributed by atoms with van der Waals surface area (Å²) in [6.07, 6.45) is 66.8. The van der Waals surface area contributed by atoms with Gasteiger partial charge in [0.05, 0.1) is 0 Å². The summed E-state index contributed by atoms with van der Waals surface area (Å²) in [5.41, 5.74) is 0. The molecule has 73 heavy (non-hydrogen) atoms. The van der Waals surface area contributed by atoms with E-state index in [9.17, 15) is 14.4 Å². The van der Waals surface area contributed by atoms with Crippen LogP contribution in [-0.2, 0) is 28.6 Å². The molecular formula is C67H130O6. The zero-order chi connectivity index (χ0) is 53.2. The van der Waals surface area contributed by atoms with E-state index in [0.29, 0.717) is 19.3 Å². The topological polar surface area (TPSA) is 78.9 Å². The van der Waals surface area contributed by atoms with Crippen molar-refractivity contribution in [2.24, 2.45) is 11.8 Å². The Morgan fingerprint density at radius 2 is 0.452 bits per heavy atom. The van der Waals surface area contributed by atoms with E-state index in [1.165, 1.54) is 270 Å². The van der Waals surface area contributed by atoms with Gasteiger partial charge in [0.25, 0.3) is 0 Å². The van der Waals surface area contributed by atoms with Crippen molar-refractivity contribution in [2.75, 3.05) is 13.2 Å². The third-order valence-corrected chi connectivity index (χ3v) is 15.5. The minimum atomic E-state index is -0.764. The Kier molecular flexibility index (Phi) is 58.4. The Balaban J connectivity index is 4.28. The lowest BCUT2D eigenvalue weighted by atomic mass is 10.0. The van der Waals surface area contributed by atoms with Crippen molar-refractivity contribution in [3.05, 3.63) is 0 Å². The molecular weight excluding hydrogens is 901 g/mol. The Labute approximate surface area is 457 Å². The van der Waals surface area contributed by atoms with Crippen LogP contribution in [0.1, 0.15) is 381 Å². The number of unbranched alkanes of at least 4 members (excludes halogenated alkanes) is 46. The molecule has 0 amide bonds. The minimum Gasteiger partial charge on any atom is -0.462 e. The van der Waals surface area contributed by atoms with E-state index in [1.54, 1.807) is 0 Å². The van der Waals surface area contributed by atoms with E-state index < -0.39 is 6.10 Å². The molecule has 0 saturated heterocycles. The molecule has 0 aliphatic heterocycles. The highest BCUT2D eigenvalue weighted by molar-refractivity contribution is 5.71. The lowest BCUT2D eigenvalue weighted by Crippen LogP contribution is -2.30. The summed E-state index contributed by atoms with van der Waals surface area (Å²) in [6, 6.07) is 0. The smallest absolute Gasteiger partial charge is 0.306 e. The molecule has 0 N–H and O–H groups in total. The van der Waals surface area contributed by atoms with Crippen molar-refractivity contribution in [1.29, 1.82) is 0 Å². The van der Waals surface area contributed by atoms with Gasteiger partial charge in [-0.15, -0.1) is 0 Å². The second kappa shape index (κ2) is 59.7. The second-order valence-corrected chi connectivity index (χ2v) is 24.1. The van der Waals surface area contributed by atoms with Crippen LogP contribution in [0.4, 0.5) is 0 Å². The van der Waals surface area contributed by atoms with E-state index in [1.807, 2.05) is 0 Å². The summed E-state index contributed by atoms with van der Waals surface area (Å²) in [6.45, 7) is 11.5. The number of hydrogen-bond donors (Lipinski definition) is 0. The van der Waals surface area contributed by atoms with E-state index in [2.05, 4.69) is 34.6 Å². The number of rotatable bonds is 61. The number of hydrogen-bond acceptors (Lipinski definition) is 6. The van der Waals surface area contributed by atoms with Crippen LogP contribution in [0.25, 0.3) is 0 Å². The summed E-state index contributed by atoms with van der Waals surface area (Å²) in [7, 11) is 0. The first-order chi connectivity index (χ1) is 35.7. The third kappa shape index (κ3) is 61.1. The van der Waals surface area contributed by atoms with Crippen LogP contribution in [0, 0.1) is 11.8 Å². The maximum absolute atomic E-state index is 12.9. The summed E-state index contributed by atoms with van der Waals surface area (Å²) >= 11 is 0. The molecule has 0 rings (SSSR count). The Bertz CT molecular complexity index is 1120. The van der Waals surface area contributed by atoms with Gasteiger partial charge in [0.2, 0.25) is 0 Å². The molecule has 1 atom stereocenters. The molecule has 0 saturated carbocycles. The third-order valence-electron chi connectivity index (χ3n) is 15.5. The van der Waals surface area contributed by atoms with E-state index in [4.69, 9.17) is 14.2 Å². The minimum absolute atomic E-state index is 0.0615. The standard InChI is InChI=1S/C67H130O6/c1-6-7-8-9-10-11-12-13-14-15-19-22-27-32-37-42-47-52-57-65(68)71-60-64(61-72-66(69)58-53-48-43-38-33-29-24-26-31-36-41-46-51-56-63(4)5)73-67(70)59-54-49-44-39-34-28-23-20-17-16-18-21-25-30-35-40-45-50-55-62(2)3/h62-64H,6-61H2,1-5H3/t64-/m1/s1. The molecule has 0 aromatic carbocycles. The predicted molar refractivity (Wildman–Crippen MR) is 316 cm³/mol. The van der Waals surface area contributed by atoms with E-state index in [0.717, 1.165) is 69.6 Å². The lowest BCUT2D eigenvalue weighted by molar-refractivity contribution is -0.167. The van der Waals surface area contributed by atoms with Gasteiger partial charge in [-0.1, -0.05) is 343 Å². The lowest BCUT2D eigenvalue weighted by Gasteiger charge is -2.18. The Morgan fingerprint density at radius 1 is 0.260 bits per heavy atom. The van der Waals surface area contributed by atoms with Crippen LogP contribution in [0.5, 0.6) is 0 Å². The summed E-state index contributed by atoms with van der Waals surface area (Å²) in [5.74, 6) is 0.870. The van der Waals surface area contributed by atoms with Gasteiger partial charge in [-0.2, -0.15) is 0 Å². The Morgan fingerprint density at radius 3 is 0.671 bits per heavy atom. The molecule has 6 heteroatoms. The van der Waals surface area contributed by atoms with Crippen LogP contribution in [0.3, 0.4) is 0 Å². The monoisotopic (exact) mass is 1030 g/mol. The van der Waals surface area contributed by atoms with Crippen molar-refractivity contribution in [3.63, 3.8) is 0 Å². The van der Waals surface area contributed by atoms with Gasteiger partial charge in [0, 0.05) is 19.3 Å². The summed E-state index contributed by atoms with van der Waals surface area (Å²) < 4.78 is 17.0. The normalized spacial score (nSPS) is 12.0. The van der Waals surface area contributed by atoms with E-state index >= 15 is 0 Å². The van der Waals surface area contributed by atoms with Crippen molar-refractivity contribution in [2.45, 2.75) is 387 Å². The molecule has 0 aliphatic carbocycles. The second-order valence-electron chi connectivity index (χ2n) is 24.1. The first-order valence-electron chi connectivity index (χ1n) is 33.2. The highest BCUT2D eigenvalue weighted by Crippen LogP contribution is 2.19. The molecule has 0 spiro atoms. The fraction of sp³-hybridized carbons (Fsp3) is 0.955. The van der Waals surface area contributed by atoms with Gasteiger partial charge in [0.1, 0.15) is 13.2 Å². The van der Waals surface area contributed by atoms with Gasteiger partial charge >= 0.3 is 17.9 Å². The maximum Gasteiger partial charge on any atom is 0.306 e. The molecule has 0 heterocycles. The molecule has 434 valence electrons. The quantitative estimate of drug-likeness (QED) is 0.0343. The first kappa shape index (κ1) is 71.4. The van der Waals surface area contributed by atoms with Crippen LogP contribution in [-0.4, -0.2) is 37.2 Å². The highest BCUT2D eigenvalue weighted by Gasteiger charge is 2.19. The molecule has 0 unspecified atom stereocenters. The van der Waals surface area contributed by atoms with E-state index in [-0.39, 0.29) is 31.1 Å². The highest BCUT2D eigenvalue weighted by atomic mass is 16.6. The average Bonchev–Trinajstić information content (AvgIpc) is 3.37. The van der Waals surface area contributed by atoms with Gasteiger partial charge in [-0.05, 0) is 31.1 Å². The van der Waals surface area contributed by atoms with Gasteiger partial charge in [-0.3, -0.25) is 14.4 Å². The average molecular weight is 1030 g/mol. The number of carbonyl (C=O) groups excluding carboxylic acids is 3. The molecule has 0 aromatic heterocycles. The number of ether oxygens (including phenoxy) is 3. The fourth-order valence-corrected chi connectivity index (χ4v) is 10.5. The Hall–Kier alpha value is -1.59. The molecule has 0 bridgehead atoms. The zero-order valence-corrected chi connectivity index (χ0v) is 50.3. The predicted octanol–water partition coefficient (Wildman–Crippen LogP) is 22.4. The van der Waals surface area contributed by atoms with Crippen molar-refractivity contribution in [3.8, 4) is 0 Å². The summed E-state index contributed by atoms with van der Waals surface area (Å²) in [5, 5.41) is 0. The SMILES string of the molecule is CCCCCCCCCCCCCCCCCCCCC(=O)OC[C@H](COC(=O)CCCCCCCCCCCCCCCC(C)C)OC(=O)CCCCCCCCCCCCCCCCCCCCC(C)C. The molecule has 0 aromatic rings. The number of carbonyl (C=O) groups is 3. The summed E-state index contributed by atoms with van der Waals surface area (Å²) in [4.78, 5) is 38.4. The van der Waals surface area contributed by atoms with Crippen molar-refractivity contribution >= 4 is 17.9 Å². The van der Waals surface area contributed by atoms with Crippen molar-refractivity contribution in [1.82, 2.24) is 0 Å². The van der Waals surface area contributed by atoms with Crippen LogP contribution >= 0.6 is 0 Å². The van der Waals surface area contributed by atoms with Crippen LogP contribution in [0.15, 0.2) is 0 Å². The largest absolute Gasteiger partial charge is 0.462 e. The van der Waals surface area contributed by atoms with Gasteiger partial charge < -0.3 is 14.2 Å². The van der Waals surface area contributed by atoms with Crippen LogP contribution in [0.2, 0.25) is 0 Å². The molecule has 0 radical (unpaired) electrons. The zero-order valence-electron chi connectivity index (χ0n) is 50.3. The fourth-order valence-electron chi connectivity index (χ4n) is 10.5. The van der Waals surface area contributed by atoms with Gasteiger partial charge in [0.15, 0.2) is 6.10 Å². The molecule has 0 fully saturated rings. The first-order valence-corrected chi connectivity index (χ1v) is 33.2. The maximum atomic E-state index is 12.9.